The molecule has 1 aliphatic heterocycles. The first-order valence-electron chi connectivity index (χ1n) is 8.17. The molecule has 6 heteroatoms. The van der Waals surface area contributed by atoms with Gasteiger partial charge in [-0.3, -0.25) is 14.6 Å². The molecule has 1 aromatic heterocycles. The van der Waals surface area contributed by atoms with Crippen molar-refractivity contribution < 1.29 is 14.0 Å². The summed E-state index contributed by atoms with van der Waals surface area (Å²) < 4.78 is 13.2. The van der Waals surface area contributed by atoms with Gasteiger partial charge in [0.1, 0.15) is 5.82 Å². The summed E-state index contributed by atoms with van der Waals surface area (Å²) >= 11 is 0. The van der Waals surface area contributed by atoms with Crippen LogP contribution >= 0.6 is 0 Å². The molecule has 2 aromatic rings. The Morgan fingerprint density at radius 1 is 1.38 bits per heavy atom. The normalized spacial score (nSPS) is 14.4. The molecular weight excluding hydrogens is 309 g/mol. The summed E-state index contributed by atoms with van der Waals surface area (Å²) in [4.78, 5) is 30.0. The molecule has 1 fully saturated rings. The Labute approximate surface area is 139 Å². The van der Waals surface area contributed by atoms with Gasteiger partial charge in [-0.15, -0.1) is 0 Å². The second kappa shape index (κ2) is 6.95. The van der Waals surface area contributed by atoms with Crippen molar-refractivity contribution in [2.75, 3.05) is 19.6 Å². The summed E-state index contributed by atoms with van der Waals surface area (Å²) in [6.07, 6.45) is 2.28. The van der Waals surface area contributed by atoms with Crippen molar-refractivity contribution in [3.8, 4) is 0 Å². The molecule has 0 aliphatic carbocycles. The topological polar surface area (TPSA) is 62.3 Å². The third-order valence-corrected chi connectivity index (χ3v) is 4.28. The number of nitrogens with one attached hydrogen (secondary N) is 1. The number of carbonyl (C=O) groups excluding carboxylic acids is 2. The lowest BCUT2D eigenvalue weighted by atomic mass is 10.1. The number of hydrogen-bond donors (Lipinski definition) is 1. The van der Waals surface area contributed by atoms with E-state index in [1.807, 2.05) is 4.90 Å². The quantitative estimate of drug-likeness (QED) is 0.857. The van der Waals surface area contributed by atoms with Gasteiger partial charge in [-0.1, -0.05) is 0 Å². The highest BCUT2D eigenvalue weighted by molar-refractivity contribution is 5.98. The number of aryl methyl sites for hydroxylation is 1. The first kappa shape index (κ1) is 16.4. The Morgan fingerprint density at radius 3 is 2.96 bits per heavy atom. The molecule has 0 spiro atoms. The predicted molar refractivity (Wildman–Crippen MR) is 89.2 cm³/mol. The van der Waals surface area contributed by atoms with E-state index < -0.39 is 0 Å². The monoisotopic (exact) mass is 329 g/mol. The SMILES string of the molecule is Cc1nc2cc(F)ccc2cc1C(=O)NCCCN1CCCC1=O. The van der Waals surface area contributed by atoms with Crippen LogP contribution in [0, 0.1) is 12.7 Å². The van der Waals surface area contributed by atoms with Crippen molar-refractivity contribution in [1.29, 1.82) is 0 Å². The van der Waals surface area contributed by atoms with E-state index in [0.29, 0.717) is 36.3 Å². The summed E-state index contributed by atoms with van der Waals surface area (Å²) in [5.74, 6) is -0.342. The number of rotatable bonds is 5. The molecule has 2 amide bonds. The minimum absolute atomic E-state index is 0.195. The predicted octanol–water partition coefficient (Wildman–Crippen LogP) is 2.42. The molecule has 0 bridgehead atoms. The average molecular weight is 329 g/mol. The Kier molecular flexibility index (Phi) is 4.74. The highest BCUT2D eigenvalue weighted by Gasteiger charge is 2.19. The van der Waals surface area contributed by atoms with Crippen LogP contribution < -0.4 is 5.32 Å². The highest BCUT2D eigenvalue weighted by atomic mass is 19.1. The number of amides is 2. The van der Waals surface area contributed by atoms with Gasteiger partial charge >= 0.3 is 0 Å². The molecule has 24 heavy (non-hydrogen) atoms. The largest absolute Gasteiger partial charge is 0.352 e. The van der Waals surface area contributed by atoms with Crippen LogP contribution in [-0.4, -0.2) is 41.3 Å². The number of aromatic nitrogens is 1. The molecule has 1 aliphatic rings. The van der Waals surface area contributed by atoms with Gasteiger partial charge in [-0.25, -0.2) is 4.39 Å². The Hall–Kier alpha value is -2.50. The standard InChI is InChI=1S/C18H20FN3O2/c1-12-15(10-13-5-6-14(19)11-16(13)21-12)18(24)20-7-3-9-22-8-2-4-17(22)23/h5-6,10-11H,2-4,7-9H2,1H3,(H,20,24). The number of pyridine rings is 1. The number of halogens is 1. The van der Waals surface area contributed by atoms with Crippen molar-refractivity contribution in [1.82, 2.24) is 15.2 Å². The van der Waals surface area contributed by atoms with Crippen molar-refractivity contribution >= 4 is 22.7 Å². The number of likely N-dealkylation sites (tertiary alicyclic amines) is 1. The van der Waals surface area contributed by atoms with Crippen LogP contribution in [0.2, 0.25) is 0 Å². The van der Waals surface area contributed by atoms with Crippen LogP contribution in [0.15, 0.2) is 24.3 Å². The molecule has 5 nitrogen and oxygen atoms in total. The number of fused-ring (bicyclic) bond motifs is 1. The van der Waals surface area contributed by atoms with Crippen molar-refractivity contribution in [3.63, 3.8) is 0 Å². The van der Waals surface area contributed by atoms with Gasteiger partial charge in [-0.2, -0.15) is 0 Å². The highest BCUT2D eigenvalue weighted by Crippen LogP contribution is 2.17. The molecule has 1 N–H and O–H groups in total. The first-order valence-corrected chi connectivity index (χ1v) is 8.17. The molecule has 0 radical (unpaired) electrons. The lowest BCUT2D eigenvalue weighted by molar-refractivity contribution is -0.127. The zero-order valence-electron chi connectivity index (χ0n) is 13.6. The Morgan fingerprint density at radius 2 is 2.21 bits per heavy atom. The Bertz CT molecular complexity index is 791. The number of carbonyl (C=O) groups is 2. The summed E-state index contributed by atoms with van der Waals surface area (Å²) in [5, 5.41) is 3.59. The van der Waals surface area contributed by atoms with Crippen LogP contribution in [0.3, 0.4) is 0 Å². The maximum atomic E-state index is 13.2. The van der Waals surface area contributed by atoms with Gasteiger partial charge in [0, 0.05) is 37.5 Å². The van der Waals surface area contributed by atoms with Crippen LogP contribution in [0.5, 0.6) is 0 Å². The molecule has 1 saturated heterocycles. The second-order valence-electron chi connectivity index (χ2n) is 6.05. The fourth-order valence-corrected chi connectivity index (χ4v) is 2.97. The number of nitrogens with zero attached hydrogens (tertiary/aromatic N) is 2. The van der Waals surface area contributed by atoms with E-state index >= 15 is 0 Å². The van der Waals surface area contributed by atoms with E-state index in [2.05, 4.69) is 10.3 Å². The molecule has 2 heterocycles. The smallest absolute Gasteiger partial charge is 0.253 e. The fraction of sp³-hybridized carbons (Fsp3) is 0.389. The number of benzene rings is 1. The maximum Gasteiger partial charge on any atom is 0.253 e. The van der Waals surface area contributed by atoms with Crippen LogP contribution in [0.4, 0.5) is 4.39 Å². The van der Waals surface area contributed by atoms with Gasteiger partial charge in [-0.05, 0) is 38.0 Å². The van der Waals surface area contributed by atoms with E-state index in [0.717, 1.165) is 24.8 Å². The van der Waals surface area contributed by atoms with Gasteiger partial charge in [0.05, 0.1) is 16.8 Å². The van der Waals surface area contributed by atoms with E-state index in [1.165, 1.54) is 12.1 Å². The molecule has 0 atom stereocenters. The molecule has 0 saturated carbocycles. The molecule has 1 aromatic carbocycles. The van der Waals surface area contributed by atoms with Crippen molar-refractivity contribution in [3.05, 3.63) is 41.3 Å². The van der Waals surface area contributed by atoms with Gasteiger partial charge in [0.2, 0.25) is 5.91 Å². The molecular formula is C18H20FN3O2. The second-order valence-corrected chi connectivity index (χ2v) is 6.05. The minimum Gasteiger partial charge on any atom is -0.352 e. The summed E-state index contributed by atoms with van der Waals surface area (Å²) in [5.41, 5.74) is 1.60. The Balaban J connectivity index is 1.60. The van der Waals surface area contributed by atoms with Gasteiger partial charge in [0.15, 0.2) is 0 Å². The third-order valence-electron chi connectivity index (χ3n) is 4.28. The molecule has 0 unspecified atom stereocenters. The van der Waals surface area contributed by atoms with E-state index in [1.54, 1.807) is 19.1 Å². The number of hydrogen-bond acceptors (Lipinski definition) is 3. The molecule has 126 valence electrons. The van der Waals surface area contributed by atoms with Crippen LogP contribution in [-0.2, 0) is 4.79 Å². The van der Waals surface area contributed by atoms with Crippen LogP contribution in [0.1, 0.15) is 35.3 Å². The summed E-state index contributed by atoms with van der Waals surface area (Å²) in [6.45, 7) is 3.73. The zero-order chi connectivity index (χ0) is 17.1. The average Bonchev–Trinajstić information content (AvgIpc) is 2.95. The minimum atomic E-state index is -0.344. The fourth-order valence-electron chi connectivity index (χ4n) is 2.97. The lowest BCUT2D eigenvalue weighted by Gasteiger charge is -2.15. The third kappa shape index (κ3) is 3.53. The van der Waals surface area contributed by atoms with Crippen molar-refractivity contribution in [2.24, 2.45) is 0 Å². The lowest BCUT2D eigenvalue weighted by Crippen LogP contribution is -2.31. The maximum absolute atomic E-state index is 13.2. The molecule has 3 rings (SSSR count). The zero-order valence-corrected chi connectivity index (χ0v) is 13.6. The summed E-state index contributed by atoms with van der Waals surface area (Å²) in [7, 11) is 0. The van der Waals surface area contributed by atoms with Crippen LogP contribution in [0.25, 0.3) is 10.9 Å². The summed E-state index contributed by atoms with van der Waals surface area (Å²) in [6, 6.07) is 6.06. The van der Waals surface area contributed by atoms with Gasteiger partial charge < -0.3 is 10.2 Å². The van der Waals surface area contributed by atoms with E-state index in [9.17, 15) is 14.0 Å². The van der Waals surface area contributed by atoms with E-state index in [4.69, 9.17) is 0 Å². The first-order chi connectivity index (χ1) is 11.5. The van der Waals surface area contributed by atoms with E-state index in [-0.39, 0.29) is 17.6 Å². The van der Waals surface area contributed by atoms with Crippen molar-refractivity contribution in [2.45, 2.75) is 26.2 Å². The van der Waals surface area contributed by atoms with Gasteiger partial charge in [0.25, 0.3) is 5.91 Å².